The number of thiophene rings is 1. The molecule has 6 rings (SSSR count). The number of thiazole rings is 1. The zero-order valence-corrected chi connectivity index (χ0v) is 31.4. The first-order valence-electron chi connectivity index (χ1n) is 16.6. The molecule has 4 N–H and O–H groups in total. The van der Waals surface area contributed by atoms with Crippen molar-refractivity contribution in [2.45, 2.75) is 57.7 Å². The molecule has 11 nitrogen and oxygen atoms in total. The fourth-order valence-corrected chi connectivity index (χ4v) is 8.23. The molecule has 0 saturated carbocycles. The third kappa shape index (κ3) is 8.56. The number of ether oxygens (including phenoxy) is 1. The van der Waals surface area contributed by atoms with E-state index in [1.807, 2.05) is 60.7 Å². The second-order valence-electron chi connectivity index (χ2n) is 13.8. The average Bonchev–Trinajstić information content (AvgIpc) is 3.88. The summed E-state index contributed by atoms with van der Waals surface area (Å²) < 4.78 is 46.9. The molecule has 1 unspecified atom stereocenters. The Morgan fingerprint density at radius 3 is 2.34 bits per heavy atom. The number of rotatable bonds is 11. The maximum absolute atomic E-state index is 14.5. The van der Waals surface area contributed by atoms with E-state index in [1.54, 1.807) is 27.0 Å². The molecule has 0 spiro atoms. The van der Waals surface area contributed by atoms with Crippen LogP contribution in [0.3, 0.4) is 0 Å². The highest BCUT2D eigenvalue weighted by atomic mass is 32.1. The topological polar surface area (TPSA) is 158 Å². The van der Waals surface area contributed by atoms with Crippen molar-refractivity contribution in [2.75, 3.05) is 11.9 Å². The van der Waals surface area contributed by atoms with E-state index in [0.717, 1.165) is 39.5 Å². The minimum Gasteiger partial charge on any atom is -0.372 e. The third-order valence-electron chi connectivity index (χ3n) is 8.81. The van der Waals surface area contributed by atoms with Crippen molar-refractivity contribution in [3.05, 3.63) is 107 Å². The standard InChI is InChI=1S/C37H37F2N4O7PS2/c1-36(2,3)31(41-33(45)29-17-24-16-25(14-15-28(24)52-29)37(38,39)51(47,48)49)34(46)43-20-26(50-21-22-10-6-4-7-11-22)18-27(43)32(44)42-35-40-19-30(53-35)23-12-8-5-9-13-23/h4-17,19,26-27,31H,18,20-21H2,1-3H3,(H,41,45)(H,40,42,44)(H2,47,48,49)/t26-,27+,31?/m1/s1. The Labute approximate surface area is 312 Å². The van der Waals surface area contributed by atoms with E-state index < -0.39 is 60.1 Å². The minimum absolute atomic E-state index is 0.0821. The lowest BCUT2D eigenvalue weighted by Gasteiger charge is -2.35. The van der Waals surface area contributed by atoms with Crippen LogP contribution in [0.2, 0.25) is 0 Å². The van der Waals surface area contributed by atoms with Gasteiger partial charge in [-0.25, -0.2) is 4.98 Å². The largest absolute Gasteiger partial charge is 0.399 e. The molecule has 0 radical (unpaired) electrons. The van der Waals surface area contributed by atoms with Crippen molar-refractivity contribution in [3.63, 3.8) is 0 Å². The lowest BCUT2D eigenvalue weighted by molar-refractivity contribution is -0.140. The Bertz CT molecular complexity index is 2170. The molecule has 1 aliphatic heterocycles. The van der Waals surface area contributed by atoms with Crippen LogP contribution in [0.4, 0.5) is 13.9 Å². The van der Waals surface area contributed by atoms with Crippen LogP contribution in [0.5, 0.6) is 0 Å². The zero-order valence-electron chi connectivity index (χ0n) is 28.9. The highest BCUT2D eigenvalue weighted by molar-refractivity contribution is 7.52. The van der Waals surface area contributed by atoms with Gasteiger partial charge in [-0.05, 0) is 40.1 Å². The maximum Gasteiger partial charge on any atom is 0.399 e. The van der Waals surface area contributed by atoms with Crippen LogP contribution in [0, 0.1) is 5.41 Å². The Balaban J connectivity index is 1.23. The first-order valence-corrected chi connectivity index (χ1v) is 19.8. The molecule has 5 aromatic rings. The molecule has 3 atom stereocenters. The molecule has 1 fully saturated rings. The molecule has 53 heavy (non-hydrogen) atoms. The van der Waals surface area contributed by atoms with Crippen molar-refractivity contribution in [2.24, 2.45) is 5.41 Å². The van der Waals surface area contributed by atoms with Crippen molar-refractivity contribution in [1.29, 1.82) is 0 Å². The quantitative estimate of drug-likeness (QED) is 0.102. The summed E-state index contributed by atoms with van der Waals surface area (Å²) in [5.41, 5.74) is -4.27. The van der Waals surface area contributed by atoms with Gasteiger partial charge >= 0.3 is 13.3 Å². The lowest BCUT2D eigenvalue weighted by atomic mass is 9.85. The molecule has 16 heteroatoms. The second kappa shape index (κ2) is 15.2. The summed E-state index contributed by atoms with van der Waals surface area (Å²) in [5, 5.41) is 6.22. The van der Waals surface area contributed by atoms with Crippen LogP contribution < -0.4 is 10.6 Å². The molecule has 0 aliphatic carbocycles. The van der Waals surface area contributed by atoms with E-state index in [4.69, 9.17) is 4.74 Å². The monoisotopic (exact) mass is 782 g/mol. The van der Waals surface area contributed by atoms with E-state index in [2.05, 4.69) is 15.6 Å². The van der Waals surface area contributed by atoms with Gasteiger partial charge in [0.05, 0.1) is 22.5 Å². The molecular weight excluding hydrogens is 746 g/mol. The molecule has 2 aromatic heterocycles. The van der Waals surface area contributed by atoms with Crippen LogP contribution in [0.15, 0.2) is 91.1 Å². The van der Waals surface area contributed by atoms with Crippen molar-refractivity contribution in [1.82, 2.24) is 15.2 Å². The summed E-state index contributed by atoms with van der Waals surface area (Å²) in [4.78, 5) is 67.1. The molecular formula is C37H37F2N4O7PS2. The molecule has 0 bridgehead atoms. The highest BCUT2D eigenvalue weighted by Gasteiger charge is 2.50. The number of hydrogen-bond donors (Lipinski definition) is 4. The molecule has 278 valence electrons. The first-order chi connectivity index (χ1) is 25.0. The predicted octanol–water partition coefficient (Wildman–Crippen LogP) is 7.22. The summed E-state index contributed by atoms with van der Waals surface area (Å²) >= 11 is 2.27. The van der Waals surface area contributed by atoms with Gasteiger partial charge in [0, 0.05) is 29.4 Å². The minimum atomic E-state index is -5.80. The fraction of sp³-hybridized carbons (Fsp3) is 0.297. The number of nitrogens with zero attached hydrogens (tertiary/aromatic N) is 2. The fourth-order valence-electron chi connectivity index (χ4n) is 5.98. The van der Waals surface area contributed by atoms with Crippen molar-refractivity contribution >= 4 is 63.2 Å². The van der Waals surface area contributed by atoms with Gasteiger partial charge < -0.3 is 30.1 Å². The Morgan fingerprint density at radius 2 is 1.68 bits per heavy atom. The van der Waals surface area contributed by atoms with Gasteiger partial charge in [-0.2, -0.15) is 8.78 Å². The van der Waals surface area contributed by atoms with Crippen LogP contribution in [-0.4, -0.2) is 62.1 Å². The van der Waals surface area contributed by atoms with Crippen LogP contribution >= 0.6 is 30.3 Å². The van der Waals surface area contributed by atoms with Gasteiger partial charge in [-0.1, -0.05) is 98.8 Å². The van der Waals surface area contributed by atoms with E-state index in [0.29, 0.717) is 9.83 Å². The van der Waals surface area contributed by atoms with E-state index in [1.165, 1.54) is 28.4 Å². The van der Waals surface area contributed by atoms with Gasteiger partial charge in [0.2, 0.25) is 11.8 Å². The van der Waals surface area contributed by atoms with E-state index in [9.17, 15) is 37.5 Å². The predicted molar refractivity (Wildman–Crippen MR) is 200 cm³/mol. The normalized spacial score (nSPS) is 17.2. The SMILES string of the molecule is CC(C)(C)C(NC(=O)c1cc2cc(C(F)(F)P(=O)(O)O)ccc2s1)C(=O)N1C[C@H](OCc2ccccc2)C[C@H]1C(=O)Nc1ncc(-c2ccccc2)s1. The van der Waals surface area contributed by atoms with Crippen molar-refractivity contribution < 1.29 is 42.3 Å². The number of amides is 3. The van der Waals surface area contributed by atoms with E-state index in [-0.39, 0.29) is 29.8 Å². The molecule has 3 amide bonds. The highest BCUT2D eigenvalue weighted by Crippen LogP contribution is 2.59. The molecule has 1 aliphatic rings. The summed E-state index contributed by atoms with van der Waals surface area (Å²) in [6.07, 6.45) is 1.37. The number of carbonyl (C=O) groups is 3. The summed E-state index contributed by atoms with van der Waals surface area (Å²) in [6, 6.07) is 21.4. The Hall–Kier alpha value is -4.37. The summed E-state index contributed by atoms with van der Waals surface area (Å²) in [5.74, 6) is -1.62. The number of anilines is 1. The summed E-state index contributed by atoms with van der Waals surface area (Å²) in [7, 11) is -5.80. The van der Waals surface area contributed by atoms with Gasteiger partial charge in [-0.15, -0.1) is 11.3 Å². The second-order valence-corrected chi connectivity index (χ2v) is 17.5. The molecule has 1 saturated heterocycles. The average molecular weight is 783 g/mol. The Kier molecular flexibility index (Phi) is 11.0. The lowest BCUT2D eigenvalue weighted by Crippen LogP contribution is -2.57. The number of carbonyl (C=O) groups excluding carboxylic acids is 3. The van der Waals surface area contributed by atoms with Gasteiger partial charge in [0.15, 0.2) is 5.13 Å². The van der Waals surface area contributed by atoms with Gasteiger partial charge in [0.25, 0.3) is 5.91 Å². The number of benzene rings is 3. The number of hydrogen-bond acceptors (Lipinski definition) is 8. The van der Waals surface area contributed by atoms with Gasteiger partial charge in [-0.3, -0.25) is 18.9 Å². The molecule has 3 aromatic carbocycles. The number of likely N-dealkylation sites (tertiary alicyclic amines) is 1. The Morgan fingerprint density at radius 1 is 1.00 bits per heavy atom. The zero-order chi connectivity index (χ0) is 38.1. The van der Waals surface area contributed by atoms with Crippen LogP contribution in [-0.2, 0) is 31.2 Å². The van der Waals surface area contributed by atoms with Crippen molar-refractivity contribution in [3.8, 4) is 10.4 Å². The molecule has 3 heterocycles. The van der Waals surface area contributed by atoms with Gasteiger partial charge in [0.1, 0.15) is 12.1 Å². The summed E-state index contributed by atoms with van der Waals surface area (Å²) in [6.45, 7) is 5.66. The van der Waals surface area contributed by atoms with Crippen LogP contribution in [0.1, 0.15) is 48.0 Å². The number of aromatic nitrogens is 1. The van der Waals surface area contributed by atoms with E-state index >= 15 is 0 Å². The number of halogens is 2. The number of fused-ring (bicyclic) bond motifs is 1. The third-order valence-corrected chi connectivity index (χ3v) is 11.9. The first kappa shape index (κ1) is 38.4. The smallest absolute Gasteiger partial charge is 0.372 e. The number of alkyl halides is 2. The number of nitrogens with one attached hydrogen (secondary N) is 2. The maximum atomic E-state index is 14.5. The van der Waals surface area contributed by atoms with Crippen LogP contribution in [0.25, 0.3) is 20.5 Å².